The Balaban J connectivity index is 1.20. The molecule has 0 radical (unpaired) electrons. The van der Waals surface area contributed by atoms with Crippen LogP contribution in [0.15, 0.2) is 45.6 Å². The van der Waals surface area contributed by atoms with Crippen molar-refractivity contribution in [3.63, 3.8) is 0 Å². The van der Waals surface area contributed by atoms with E-state index in [1.54, 1.807) is 0 Å². The number of fused-ring (bicyclic) bond motifs is 1. The molecule has 0 aliphatic carbocycles. The lowest BCUT2D eigenvalue weighted by molar-refractivity contribution is -0.364. The normalized spacial score (nSPS) is 41.0. The molecule has 2 aromatic carbocycles. The quantitative estimate of drug-likeness (QED) is 0.0856. The van der Waals surface area contributed by atoms with Gasteiger partial charge in [0.1, 0.15) is 108 Å². The maximum Gasteiger partial charge on any atom is 0.239 e. The molecule has 4 saturated heterocycles. The summed E-state index contributed by atoms with van der Waals surface area (Å²) >= 11 is 0. The van der Waals surface area contributed by atoms with Gasteiger partial charge in [0.15, 0.2) is 24.4 Å². The third kappa shape index (κ3) is 9.19. The van der Waals surface area contributed by atoms with Crippen molar-refractivity contribution in [1.29, 1.82) is 0 Å². The third-order valence-electron chi connectivity index (χ3n) is 11.3. The van der Waals surface area contributed by atoms with Gasteiger partial charge in [-0.15, -0.1) is 0 Å². The molecule has 14 N–H and O–H groups in total. The number of aliphatic hydroxyl groups excluding tert-OH is 12. The summed E-state index contributed by atoms with van der Waals surface area (Å²) in [6.07, 6.45) is -34.1. The van der Waals surface area contributed by atoms with Gasteiger partial charge < -0.3 is 114 Å². The van der Waals surface area contributed by atoms with Crippen LogP contribution in [0.25, 0.3) is 22.3 Å². The van der Waals surface area contributed by atoms with E-state index in [9.17, 15) is 76.3 Å². The van der Waals surface area contributed by atoms with Crippen LogP contribution in [0.3, 0.4) is 0 Å². The van der Waals surface area contributed by atoms with Gasteiger partial charge in [-0.1, -0.05) is 0 Å². The first-order chi connectivity index (χ1) is 29.8. The highest BCUT2D eigenvalue weighted by atomic mass is 16.8. The van der Waals surface area contributed by atoms with Gasteiger partial charge in [0.2, 0.25) is 23.8 Å². The maximum atomic E-state index is 14.4. The van der Waals surface area contributed by atoms with Gasteiger partial charge in [0.25, 0.3) is 0 Å². The number of phenolic OH excluding ortho intramolecular Hbond substituents is 2. The van der Waals surface area contributed by atoms with E-state index in [4.69, 9.17) is 42.3 Å². The molecular weight excluding hydrogens is 852 g/mol. The molecule has 350 valence electrons. The van der Waals surface area contributed by atoms with E-state index < -0.39 is 164 Å². The first-order valence-electron chi connectivity index (χ1n) is 19.8. The zero-order chi connectivity index (χ0) is 45.8. The first kappa shape index (κ1) is 47.1. The zero-order valence-electron chi connectivity index (χ0n) is 33.3. The Morgan fingerprint density at radius 1 is 0.587 bits per heavy atom. The number of phenols is 2. The molecule has 0 saturated carbocycles. The topological polar surface area (TPSA) is 387 Å². The fourth-order valence-corrected chi connectivity index (χ4v) is 7.56. The van der Waals surface area contributed by atoms with Gasteiger partial charge in [-0.25, -0.2) is 0 Å². The smallest absolute Gasteiger partial charge is 0.239 e. The molecule has 0 unspecified atom stereocenters. The number of ether oxygens (including phenoxy) is 8. The first-order valence-corrected chi connectivity index (χ1v) is 19.8. The minimum absolute atomic E-state index is 0.0617. The van der Waals surface area contributed by atoms with Crippen LogP contribution in [-0.4, -0.2) is 208 Å². The minimum Gasteiger partial charge on any atom is -0.508 e. The summed E-state index contributed by atoms with van der Waals surface area (Å²) in [5.74, 6) is -2.36. The molecule has 20 atom stereocenters. The second kappa shape index (κ2) is 18.9. The van der Waals surface area contributed by atoms with E-state index >= 15 is 0 Å². The standard InChI is InChI=1S/C39H50O24/c1-11-21(43)26(48)30(52)36(56-11)55-10-19-24(46)28(50)32(54)38(61-19)63-35-29(51)23(45)18(9-40)60-39(35)62-34-25(47)20-16(42)7-15(58-37-31(53)27(49)22(44)12(2)57-37)8-17(20)59-33(34)13-3-5-14(41)6-4-13/h3-8,11-12,18-19,21-24,26-32,35-46,48-54H,9-10H2,1-2H3/t11-,12-,18-,19-,21-,22-,23-,24-,26+,27+,28+,29+,30+,31+,32-,35-,36-,37-,38+,39+/m1/s1. The highest BCUT2D eigenvalue weighted by Gasteiger charge is 2.53. The number of rotatable bonds is 11. The summed E-state index contributed by atoms with van der Waals surface area (Å²) in [6.45, 7) is 1.19. The minimum atomic E-state index is -2.09. The van der Waals surface area contributed by atoms with Crippen LogP contribution in [0.4, 0.5) is 0 Å². The molecule has 3 aromatic rings. The summed E-state index contributed by atoms with van der Waals surface area (Å²) in [7, 11) is 0. The van der Waals surface area contributed by atoms with Gasteiger partial charge in [0, 0.05) is 17.7 Å². The number of aliphatic hydroxyl groups is 12. The Morgan fingerprint density at radius 2 is 1.14 bits per heavy atom. The molecule has 24 nitrogen and oxygen atoms in total. The number of hydrogen-bond donors (Lipinski definition) is 14. The molecule has 0 amide bonds. The Bertz CT molecular complexity index is 2090. The summed E-state index contributed by atoms with van der Waals surface area (Å²) in [6, 6.07) is 7.13. The fraction of sp³-hybridized carbons (Fsp3) is 0.615. The van der Waals surface area contributed by atoms with Crippen molar-refractivity contribution in [3.05, 3.63) is 46.6 Å². The van der Waals surface area contributed by atoms with Crippen molar-refractivity contribution < 1.29 is 114 Å². The van der Waals surface area contributed by atoms with Crippen molar-refractivity contribution in [2.45, 2.75) is 137 Å². The summed E-state index contributed by atoms with van der Waals surface area (Å²) in [4.78, 5) is 14.4. The number of aromatic hydroxyl groups is 2. The predicted molar refractivity (Wildman–Crippen MR) is 202 cm³/mol. The van der Waals surface area contributed by atoms with E-state index in [-0.39, 0.29) is 22.6 Å². The van der Waals surface area contributed by atoms with Crippen molar-refractivity contribution in [3.8, 4) is 34.3 Å². The average Bonchev–Trinajstić information content (AvgIpc) is 3.25. The van der Waals surface area contributed by atoms with Crippen molar-refractivity contribution in [2.75, 3.05) is 13.2 Å². The lowest BCUT2D eigenvalue weighted by Crippen LogP contribution is -2.65. The van der Waals surface area contributed by atoms with Gasteiger partial charge >= 0.3 is 0 Å². The highest BCUT2D eigenvalue weighted by Crippen LogP contribution is 2.39. The highest BCUT2D eigenvalue weighted by molar-refractivity contribution is 5.88. The maximum absolute atomic E-state index is 14.4. The van der Waals surface area contributed by atoms with E-state index in [0.717, 1.165) is 12.1 Å². The Morgan fingerprint density at radius 3 is 1.78 bits per heavy atom. The number of benzene rings is 2. The van der Waals surface area contributed by atoms with Crippen molar-refractivity contribution in [2.24, 2.45) is 0 Å². The lowest BCUT2D eigenvalue weighted by Gasteiger charge is -2.46. The molecule has 4 aliphatic rings. The van der Waals surface area contributed by atoms with Crippen LogP contribution in [0.2, 0.25) is 0 Å². The Kier molecular flexibility index (Phi) is 14.1. The lowest BCUT2D eigenvalue weighted by atomic mass is 9.97. The van der Waals surface area contributed by atoms with Crippen LogP contribution in [-0.2, 0) is 28.4 Å². The summed E-state index contributed by atoms with van der Waals surface area (Å²) in [5.41, 5.74) is -1.39. The van der Waals surface area contributed by atoms with Crippen LogP contribution in [0.1, 0.15) is 13.8 Å². The molecule has 4 fully saturated rings. The zero-order valence-corrected chi connectivity index (χ0v) is 33.3. The van der Waals surface area contributed by atoms with Crippen LogP contribution in [0, 0.1) is 0 Å². The second-order valence-electron chi connectivity index (χ2n) is 15.7. The van der Waals surface area contributed by atoms with Gasteiger partial charge in [-0.05, 0) is 38.1 Å². The predicted octanol–water partition coefficient (Wildman–Crippen LogP) is -5.07. The Hall–Kier alpha value is -3.87. The molecule has 63 heavy (non-hydrogen) atoms. The summed E-state index contributed by atoms with van der Waals surface area (Å²) in [5, 5.41) is 147. The van der Waals surface area contributed by atoms with Crippen molar-refractivity contribution >= 4 is 11.0 Å². The molecular formula is C39H50O24. The van der Waals surface area contributed by atoms with Crippen LogP contribution < -0.4 is 14.9 Å². The molecule has 24 heteroatoms. The second-order valence-corrected chi connectivity index (χ2v) is 15.7. The van der Waals surface area contributed by atoms with E-state index in [1.165, 1.54) is 38.1 Å². The van der Waals surface area contributed by atoms with Gasteiger partial charge in [-0.2, -0.15) is 0 Å². The van der Waals surface area contributed by atoms with Gasteiger partial charge in [-0.3, -0.25) is 4.79 Å². The van der Waals surface area contributed by atoms with E-state index in [2.05, 4.69) is 0 Å². The van der Waals surface area contributed by atoms with E-state index in [0.29, 0.717) is 0 Å². The number of hydrogen-bond acceptors (Lipinski definition) is 24. The molecule has 7 rings (SSSR count). The van der Waals surface area contributed by atoms with E-state index in [1.807, 2.05) is 0 Å². The molecule has 5 heterocycles. The molecule has 0 spiro atoms. The molecule has 4 aliphatic heterocycles. The fourth-order valence-electron chi connectivity index (χ4n) is 7.56. The monoisotopic (exact) mass is 902 g/mol. The SMILES string of the molecule is C[C@H]1O[C@@H](OC[C@H]2O[C@@H](O[C@H]3[C@H](Oc4c(-c5ccc(O)cc5)oc5cc(O[C@H]6O[C@H](C)[C@@H](O)[C@H](O)[C@@H]6O)cc(O)c5c4=O)O[C@H](CO)[C@@H](O)[C@@H]3O)[C@H](O)[C@@H](O)[C@@H]2O)[C@@H](O)[C@@H](O)[C@@H]1O. The Labute approximate surface area is 355 Å². The summed E-state index contributed by atoms with van der Waals surface area (Å²) < 4.78 is 51.5. The third-order valence-corrected chi connectivity index (χ3v) is 11.3. The average molecular weight is 903 g/mol. The largest absolute Gasteiger partial charge is 0.508 e. The van der Waals surface area contributed by atoms with Gasteiger partial charge in [0.05, 0.1) is 25.4 Å². The van der Waals surface area contributed by atoms with Crippen LogP contribution >= 0.6 is 0 Å². The van der Waals surface area contributed by atoms with Crippen molar-refractivity contribution in [1.82, 2.24) is 0 Å². The van der Waals surface area contributed by atoms with Crippen LogP contribution in [0.5, 0.6) is 23.0 Å². The molecule has 0 bridgehead atoms. The molecule has 1 aromatic heterocycles.